The van der Waals surface area contributed by atoms with E-state index in [1.54, 1.807) is 0 Å². The minimum Gasteiger partial charge on any atom is -0.0730 e. The van der Waals surface area contributed by atoms with Crippen LogP contribution in [0.2, 0.25) is 0 Å². The lowest BCUT2D eigenvalue weighted by atomic mass is 9.93. The van der Waals surface area contributed by atoms with E-state index < -0.39 is 0 Å². The molecule has 84 valence electrons. The molecule has 0 aromatic heterocycles. The average Bonchev–Trinajstić information content (AvgIpc) is 2.32. The normalized spacial score (nSPS) is 15.6. The molecule has 0 nitrogen and oxygen atoms in total. The van der Waals surface area contributed by atoms with Crippen LogP contribution in [0.3, 0.4) is 0 Å². The molecular weight excluding hydrogens is 192 g/mol. The van der Waals surface area contributed by atoms with E-state index in [9.17, 15) is 0 Å². The molecule has 0 saturated carbocycles. The van der Waals surface area contributed by atoms with E-state index in [4.69, 9.17) is 0 Å². The van der Waals surface area contributed by atoms with Crippen molar-refractivity contribution in [1.82, 2.24) is 0 Å². The molecule has 0 amide bonds. The van der Waals surface area contributed by atoms with Crippen LogP contribution in [-0.2, 0) is 6.42 Å². The van der Waals surface area contributed by atoms with Gasteiger partial charge < -0.3 is 0 Å². The minimum atomic E-state index is 1.19. The lowest BCUT2D eigenvalue weighted by Crippen LogP contribution is -1.92. The highest BCUT2D eigenvalue weighted by Gasteiger charge is 2.05. The predicted octanol–water partition coefficient (Wildman–Crippen LogP) is 4.76. The Bertz CT molecular complexity index is 404. The molecule has 1 aliphatic carbocycles. The summed E-state index contributed by atoms with van der Waals surface area (Å²) >= 11 is 0. The van der Waals surface area contributed by atoms with Gasteiger partial charge in [0.2, 0.25) is 0 Å². The number of benzene rings is 1. The quantitative estimate of drug-likeness (QED) is 0.677. The highest BCUT2D eigenvalue weighted by molar-refractivity contribution is 5.68. The summed E-state index contributed by atoms with van der Waals surface area (Å²) in [5.74, 6) is 0. The fourth-order valence-corrected chi connectivity index (χ4v) is 2.16. The molecule has 0 fully saturated rings. The predicted molar refractivity (Wildman–Crippen MR) is 71.4 cm³/mol. The molecule has 0 aliphatic heterocycles. The van der Waals surface area contributed by atoms with Gasteiger partial charge in [-0.3, -0.25) is 0 Å². The Balaban J connectivity index is 2.16. The molecule has 0 heteroatoms. The maximum atomic E-state index is 2.27. The largest absolute Gasteiger partial charge is 0.0730 e. The Morgan fingerprint density at radius 3 is 2.31 bits per heavy atom. The zero-order chi connectivity index (χ0) is 11.4. The fraction of sp³-hybridized carbons (Fsp3) is 0.375. The van der Waals surface area contributed by atoms with Crippen molar-refractivity contribution in [2.75, 3.05) is 0 Å². The zero-order valence-electron chi connectivity index (χ0n) is 10.3. The van der Waals surface area contributed by atoms with Gasteiger partial charge in [-0.1, -0.05) is 55.3 Å². The molecule has 16 heavy (non-hydrogen) atoms. The molecule has 0 spiro atoms. The molecule has 1 aromatic rings. The summed E-state index contributed by atoms with van der Waals surface area (Å²) in [4.78, 5) is 0. The number of rotatable bonds is 3. The molecule has 0 unspecified atom stereocenters. The Morgan fingerprint density at radius 2 is 1.75 bits per heavy atom. The first kappa shape index (κ1) is 11.2. The van der Waals surface area contributed by atoms with Gasteiger partial charge in [0.1, 0.15) is 0 Å². The summed E-state index contributed by atoms with van der Waals surface area (Å²) in [6, 6.07) is 9.08. The average molecular weight is 212 g/mol. The monoisotopic (exact) mass is 212 g/mol. The number of hydrogen-bond donors (Lipinski definition) is 0. The summed E-state index contributed by atoms with van der Waals surface area (Å²) in [6.45, 7) is 4.43. The Hall–Kier alpha value is -1.30. The molecule has 0 bridgehead atoms. The van der Waals surface area contributed by atoms with E-state index in [0.29, 0.717) is 0 Å². The van der Waals surface area contributed by atoms with Crippen molar-refractivity contribution in [3.63, 3.8) is 0 Å². The summed E-state index contributed by atoms with van der Waals surface area (Å²) in [6.07, 6.45) is 9.34. The molecular formula is C16H20. The van der Waals surface area contributed by atoms with Crippen LogP contribution >= 0.6 is 0 Å². The first-order valence-corrected chi connectivity index (χ1v) is 6.25. The van der Waals surface area contributed by atoms with Crippen LogP contribution in [0.1, 0.15) is 44.2 Å². The number of aryl methyl sites for hydroxylation is 1. The first-order valence-electron chi connectivity index (χ1n) is 6.25. The second-order valence-electron chi connectivity index (χ2n) is 4.65. The van der Waals surface area contributed by atoms with Crippen LogP contribution in [0.4, 0.5) is 0 Å². The second-order valence-corrected chi connectivity index (χ2v) is 4.65. The first-order chi connectivity index (χ1) is 7.79. The van der Waals surface area contributed by atoms with Gasteiger partial charge in [-0.2, -0.15) is 0 Å². The van der Waals surface area contributed by atoms with Crippen LogP contribution in [0.5, 0.6) is 0 Å². The fourth-order valence-electron chi connectivity index (χ4n) is 2.16. The third kappa shape index (κ3) is 2.63. The van der Waals surface area contributed by atoms with E-state index in [2.05, 4.69) is 50.3 Å². The molecule has 0 radical (unpaired) electrons. The molecule has 0 saturated heterocycles. The smallest absolute Gasteiger partial charge is 0.0224 e. The highest BCUT2D eigenvalue weighted by atomic mass is 14.1. The molecule has 1 aromatic carbocycles. The maximum absolute atomic E-state index is 2.27. The van der Waals surface area contributed by atoms with Crippen molar-refractivity contribution < 1.29 is 0 Å². The standard InChI is InChI=1S/C16H20/c1-3-4-14-7-11-16(12-8-14)15-9-5-13(2)6-10-15/h5,7-9,11-12H,3-4,6,10H2,1-2H3. The van der Waals surface area contributed by atoms with Crippen molar-refractivity contribution in [3.8, 4) is 0 Å². The SMILES string of the molecule is CCCc1ccc(C2=CC=C(C)CC2)cc1. The van der Waals surface area contributed by atoms with Crippen molar-refractivity contribution in [1.29, 1.82) is 0 Å². The highest BCUT2D eigenvalue weighted by Crippen LogP contribution is 2.26. The van der Waals surface area contributed by atoms with Crippen LogP contribution in [-0.4, -0.2) is 0 Å². The Labute approximate surface area is 98.7 Å². The van der Waals surface area contributed by atoms with Gasteiger partial charge in [0.25, 0.3) is 0 Å². The Kier molecular flexibility index (Phi) is 3.61. The van der Waals surface area contributed by atoms with Crippen LogP contribution in [0, 0.1) is 0 Å². The van der Waals surface area contributed by atoms with Crippen molar-refractivity contribution >= 4 is 5.57 Å². The summed E-state index contributed by atoms with van der Waals surface area (Å²) in [5, 5.41) is 0. The lowest BCUT2D eigenvalue weighted by Gasteiger charge is -2.12. The van der Waals surface area contributed by atoms with Gasteiger partial charge in [-0.05, 0) is 42.9 Å². The molecule has 0 heterocycles. The summed E-state index contributed by atoms with van der Waals surface area (Å²) in [7, 11) is 0. The van der Waals surface area contributed by atoms with E-state index in [1.807, 2.05) is 0 Å². The van der Waals surface area contributed by atoms with Crippen LogP contribution in [0.15, 0.2) is 42.0 Å². The summed E-state index contributed by atoms with van der Waals surface area (Å²) in [5.41, 5.74) is 5.82. The van der Waals surface area contributed by atoms with E-state index >= 15 is 0 Å². The van der Waals surface area contributed by atoms with Gasteiger partial charge in [0.05, 0.1) is 0 Å². The van der Waals surface area contributed by atoms with Gasteiger partial charge in [-0.15, -0.1) is 0 Å². The lowest BCUT2D eigenvalue weighted by molar-refractivity contribution is 0.921. The number of hydrogen-bond acceptors (Lipinski definition) is 0. The molecule has 0 atom stereocenters. The van der Waals surface area contributed by atoms with Gasteiger partial charge >= 0.3 is 0 Å². The molecule has 0 N–H and O–H groups in total. The van der Waals surface area contributed by atoms with E-state index in [-0.39, 0.29) is 0 Å². The minimum absolute atomic E-state index is 1.19. The molecule has 2 rings (SSSR count). The van der Waals surface area contributed by atoms with E-state index in [0.717, 1.165) is 0 Å². The molecule has 1 aliphatic rings. The maximum Gasteiger partial charge on any atom is -0.0224 e. The van der Waals surface area contributed by atoms with Crippen LogP contribution < -0.4 is 0 Å². The van der Waals surface area contributed by atoms with Gasteiger partial charge in [-0.25, -0.2) is 0 Å². The van der Waals surface area contributed by atoms with E-state index in [1.165, 1.54) is 48.0 Å². The second kappa shape index (κ2) is 5.16. The van der Waals surface area contributed by atoms with Crippen LogP contribution in [0.25, 0.3) is 5.57 Å². The zero-order valence-corrected chi connectivity index (χ0v) is 10.3. The van der Waals surface area contributed by atoms with Crippen molar-refractivity contribution in [2.24, 2.45) is 0 Å². The van der Waals surface area contributed by atoms with Crippen molar-refractivity contribution in [3.05, 3.63) is 53.1 Å². The number of allylic oxidation sites excluding steroid dienone is 4. The van der Waals surface area contributed by atoms with Crippen molar-refractivity contribution in [2.45, 2.75) is 39.5 Å². The third-order valence-electron chi connectivity index (χ3n) is 3.22. The summed E-state index contributed by atoms with van der Waals surface area (Å²) < 4.78 is 0. The Morgan fingerprint density at radius 1 is 1.00 bits per heavy atom. The third-order valence-corrected chi connectivity index (χ3v) is 3.22. The van der Waals surface area contributed by atoms with Gasteiger partial charge in [0.15, 0.2) is 0 Å². The van der Waals surface area contributed by atoms with Gasteiger partial charge in [0, 0.05) is 0 Å². The topological polar surface area (TPSA) is 0 Å².